The third-order valence-electron chi connectivity index (χ3n) is 3.30. The van der Waals surface area contributed by atoms with E-state index in [1.165, 1.54) is 22.5 Å². The fourth-order valence-corrected chi connectivity index (χ4v) is 2.09. The van der Waals surface area contributed by atoms with Gasteiger partial charge in [-0.15, -0.1) is 0 Å². The SMILES string of the molecule is Cc1ccc(N2[CH]N(c3ccc(C)cc3)C=C2)cc1. The Kier molecular flexibility index (Phi) is 3.00. The first-order valence-corrected chi connectivity index (χ1v) is 6.46. The van der Waals surface area contributed by atoms with Crippen LogP contribution in [0, 0.1) is 20.5 Å². The Bertz CT molecular complexity index is 528. The summed E-state index contributed by atoms with van der Waals surface area (Å²) in [6, 6.07) is 17.1. The molecule has 0 aliphatic carbocycles. The predicted molar refractivity (Wildman–Crippen MR) is 80.8 cm³/mol. The Morgan fingerprint density at radius 3 is 1.32 bits per heavy atom. The molecule has 0 atom stereocenters. The molecule has 2 aromatic rings. The summed E-state index contributed by atoms with van der Waals surface area (Å²) >= 11 is 0. The van der Waals surface area contributed by atoms with Crippen molar-refractivity contribution in [2.24, 2.45) is 0 Å². The van der Waals surface area contributed by atoms with Gasteiger partial charge in [0.2, 0.25) is 0 Å². The molecular weight excluding hydrogens is 232 g/mol. The van der Waals surface area contributed by atoms with Crippen molar-refractivity contribution in [2.75, 3.05) is 9.80 Å². The molecule has 2 heteroatoms. The van der Waals surface area contributed by atoms with E-state index in [2.05, 4.69) is 91.2 Å². The maximum atomic E-state index is 2.13. The fraction of sp³-hybridized carbons (Fsp3) is 0.118. The fourth-order valence-electron chi connectivity index (χ4n) is 2.09. The summed E-state index contributed by atoms with van der Waals surface area (Å²) in [5, 5.41) is 0. The Balaban J connectivity index is 1.76. The number of aryl methyl sites for hydroxylation is 2. The van der Waals surface area contributed by atoms with E-state index in [9.17, 15) is 0 Å². The smallest absolute Gasteiger partial charge is 0.150 e. The summed E-state index contributed by atoms with van der Waals surface area (Å²) in [5.41, 5.74) is 4.91. The molecule has 1 radical (unpaired) electrons. The molecule has 0 N–H and O–H groups in total. The first-order valence-electron chi connectivity index (χ1n) is 6.46. The Hall–Kier alpha value is -2.22. The largest absolute Gasteiger partial charge is 0.322 e. The minimum absolute atomic E-state index is 1.18. The zero-order chi connectivity index (χ0) is 13.2. The van der Waals surface area contributed by atoms with Gasteiger partial charge < -0.3 is 9.80 Å². The summed E-state index contributed by atoms with van der Waals surface area (Å²) in [6.45, 7) is 6.30. The Labute approximate surface area is 114 Å². The summed E-state index contributed by atoms with van der Waals surface area (Å²) in [7, 11) is 0. The van der Waals surface area contributed by atoms with Crippen LogP contribution in [0.4, 0.5) is 11.4 Å². The van der Waals surface area contributed by atoms with Crippen LogP contribution in [0.5, 0.6) is 0 Å². The van der Waals surface area contributed by atoms with E-state index >= 15 is 0 Å². The quantitative estimate of drug-likeness (QED) is 0.786. The monoisotopic (exact) mass is 249 g/mol. The molecule has 1 aliphatic rings. The lowest BCUT2D eigenvalue weighted by Gasteiger charge is -2.20. The van der Waals surface area contributed by atoms with Gasteiger partial charge in [0.25, 0.3) is 0 Å². The highest BCUT2D eigenvalue weighted by atomic mass is 15.3. The second-order valence-corrected chi connectivity index (χ2v) is 4.90. The first kappa shape index (κ1) is 11.8. The predicted octanol–water partition coefficient (Wildman–Crippen LogP) is 4.22. The van der Waals surface area contributed by atoms with E-state index in [1.54, 1.807) is 0 Å². The molecule has 0 aromatic heterocycles. The van der Waals surface area contributed by atoms with Gasteiger partial charge in [-0.1, -0.05) is 35.4 Å². The second kappa shape index (κ2) is 4.81. The number of hydrogen-bond acceptors (Lipinski definition) is 2. The van der Waals surface area contributed by atoms with E-state index < -0.39 is 0 Å². The molecule has 95 valence electrons. The highest BCUT2D eigenvalue weighted by molar-refractivity contribution is 5.62. The second-order valence-electron chi connectivity index (χ2n) is 4.90. The highest BCUT2D eigenvalue weighted by Crippen LogP contribution is 2.26. The number of rotatable bonds is 2. The zero-order valence-electron chi connectivity index (χ0n) is 11.2. The van der Waals surface area contributed by atoms with Crippen molar-refractivity contribution in [1.82, 2.24) is 0 Å². The lowest BCUT2D eigenvalue weighted by molar-refractivity contribution is 1.11. The third kappa shape index (κ3) is 2.48. The van der Waals surface area contributed by atoms with Crippen molar-refractivity contribution in [1.29, 1.82) is 0 Å². The van der Waals surface area contributed by atoms with E-state index in [0.717, 1.165) is 0 Å². The lowest BCUT2D eigenvalue weighted by atomic mass is 10.2. The van der Waals surface area contributed by atoms with Gasteiger partial charge in [-0.3, -0.25) is 0 Å². The topological polar surface area (TPSA) is 6.48 Å². The van der Waals surface area contributed by atoms with Crippen LogP contribution >= 0.6 is 0 Å². The summed E-state index contributed by atoms with van der Waals surface area (Å²) in [6.07, 6.45) is 4.15. The number of anilines is 2. The van der Waals surface area contributed by atoms with Gasteiger partial charge >= 0.3 is 0 Å². The molecule has 0 amide bonds. The minimum atomic E-state index is 1.18. The van der Waals surface area contributed by atoms with Crippen LogP contribution in [0.3, 0.4) is 0 Å². The molecule has 0 bridgehead atoms. The standard InChI is InChI=1S/C17H17N2/c1-14-3-7-16(8-4-14)18-11-12-19(13-18)17-9-5-15(2)6-10-17/h3-13H,1-2H3. The van der Waals surface area contributed by atoms with E-state index in [1.807, 2.05) is 0 Å². The van der Waals surface area contributed by atoms with Crippen molar-refractivity contribution in [3.05, 3.63) is 78.7 Å². The third-order valence-corrected chi connectivity index (χ3v) is 3.30. The molecule has 2 nitrogen and oxygen atoms in total. The molecule has 0 unspecified atom stereocenters. The van der Waals surface area contributed by atoms with Gasteiger partial charge in [0, 0.05) is 23.8 Å². The van der Waals surface area contributed by atoms with Crippen LogP contribution in [0.1, 0.15) is 11.1 Å². The van der Waals surface area contributed by atoms with Gasteiger partial charge in [-0.05, 0) is 38.1 Å². The van der Waals surface area contributed by atoms with Crippen molar-refractivity contribution < 1.29 is 0 Å². The number of nitrogens with zero attached hydrogens (tertiary/aromatic N) is 2. The zero-order valence-corrected chi connectivity index (χ0v) is 11.2. The highest BCUT2D eigenvalue weighted by Gasteiger charge is 2.15. The average molecular weight is 249 g/mol. The molecule has 2 aromatic carbocycles. The maximum absolute atomic E-state index is 2.13. The van der Waals surface area contributed by atoms with Crippen LogP contribution in [0.15, 0.2) is 60.9 Å². The minimum Gasteiger partial charge on any atom is -0.322 e. The molecule has 0 spiro atoms. The summed E-state index contributed by atoms with van der Waals surface area (Å²) in [5.74, 6) is 0. The molecular formula is C17H17N2. The van der Waals surface area contributed by atoms with E-state index in [0.29, 0.717) is 0 Å². The Morgan fingerprint density at radius 2 is 0.947 bits per heavy atom. The number of hydrogen-bond donors (Lipinski definition) is 0. The maximum Gasteiger partial charge on any atom is 0.150 e. The van der Waals surface area contributed by atoms with Gasteiger partial charge in [0.15, 0.2) is 6.67 Å². The average Bonchev–Trinajstić information content (AvgIpc) is 2.90. The van der Waals surface area contributed by atoms with E-state index in [4.69, 9.17) is 0 Å². The lowest BCUT2D eigenvalue weighted by Crippen LogP contribution is -2.17. The molecule has 3 rings (SSSR count). The van der Waals surface area contributed by atoms with Crippen molar-refractivity contribution in [3.63, 3.8) is 0 Å². The van der Waals surface area contributed by atoms with Crippen molar-refractivity contribution >= 4 is 11.4 Å². The molecule has 1 heterocycles. The molecule has 1 aliphatic heterocycles. The summed E-state index contributed by atoms with van der Waals surface area (Å²) in [4.78, 5) is 4.25. The van der Waals surface area contributed by atoms with Gasteiger partial charge in [-0.2, -0.15) is 0 Å². The van der Waals surface area contributed by atoms with Gasteiger partial charge in [-0.25, -0.2) is 0 Å². The number of benzene rings is 2. The molecule has 0 saturated carbocycles. The van der Waals surface area contributed by atoms with Crippen LogP contribution in [0.2, 0.25) is 0 Å². The van der Waals surface area contributed by atoms with Crippen LogP contribution in [-0.4, -0.2) is 0 Å². The summed E-state index contributed by atoms with van der Waals surface area (Å²) < 4.78 is 0. The first-order chi connectivity index (χ1) is 9.22. The molecule has 0 saturated heterocycles. The van der Waals surface area contributed by atoms with Crippen LogP contribution in [0.25, 0.3) is 0 Å². The molecule has 19 heavy (non-hydrogen) atoms. The van der Waals surface area contributed by atoms with E-state index in [-0.39, 0.29) is 0 Å². The van der Waals surface area contributed by atoms with Crippen molar-refractivity contribution in [2.45, 2.75) is 13.8 Å². The normalized spacial score (nSPS) is 14.2. The Morgan fingerprint density at radius 1 is 0.579 bits per heavy atom. The molecule has 0 fully saturated rings. The van der Waals surface area contributed by atoms with Crippen LogP contribution < -0.4 is 9.80 Å². The van der Waals surface area contributed by atoms with Gasteiger partial charge in [0.1, 0.15) is 0 Å². The van der Waals surface area contributed by atoms with Gasteiger partial charge in [0.05, 0.1) is 0 Å². The van der Waals surface area contributed by atoms with Crippen molar-refractivity contribution in [3.8, 4) is 0 Å². The van der Waals surface area contributed by atoms with Crippen LogP contribution in [-0.2, 0) is 0 Å².